The van der Waals surface area contributed by atoms with Gasteiger partial charge in [-0.1, -0.05) is 18.2 Å². The first-order valence-electron chi connectivity index (χ1n) is 12.1. The summed E-state index contributed by atoms with van der Waals surface area (Å²) in [5, 5.41) is 5.85. The molecular formula is C28H27FN4O3. The van der Waals surface area contributed by atoms with Crippen molar-refractivity contribution in [2.45, 2.75) is 31.7 Å². The molecule has 1 fully saturated rings. The molecule has 1 atom stereocenters. The molecule has 0 radical (unpaired) electrons. The number of benzene rings is 2. The topological polar surface area (TPSA) is 91.4 Å². The molecule has 3 heterocycles. The number of halogens is 1. The molecule has 184 valence electrons. The first-order valence-corrected chi connectivity index (χ1v) is 12.1. The highest BCUT2D eigenvalue weighted by atomic mass is 19.1. The molecule has 0 unspecified atom stereocenters. The van der Waals surface area contributed by atoms with Crippen molar-refractivity contribution in [3.05, 3.63) is 95.1 Å². The third-order valence-electron chi connectivity index (χ3n) is 6.97. The Bertz CT molecular complexity index is 1290. The fourth-order valence-corrected chi connectivity index (χ4v) is 5.10. The Hall–Kier alpha value is -4.07. The van der Waals surface area contributed by atoms with Crippen molar-refractivity contribution in [1.82, 2.24) is 15.2 Å². The van der Waals surface area contributed by atoms with E-state index in [4.69, 9.17) is 0 Å². The maximum atomic E-state index is 13.5. The van der Waals surface area contributed by atoms with Crippen molar-refractivity contribution in [1.29, 1.82) is 0 Å². The molecule has 8 heteroatoms. The van der Waals surface area contributed by atoms with E-state index in [1.165, 1.54) is 12.1 Å². The van der Waals surface area contributed by atoms with Gasteiger partial charge in [-0.25, -0.2) is 4.39 Å². The van der Waals surface area contributed by atoms with Crippen molar-refractivity contribution in [3.8, 4) is 0 Å². The average molecular weight is 487 g/mol. The lowest BCUT2D eigenvalue weighted by molar-refractivity contribution is -0.132. The van der Waals surface area contributed by atoms with Crippen LogP contribution in [0, 0.1) is 11.7 Å². The van der Waals surface area contributed by atoms with Crippen molar-refractivity contribution >= 4 is 23.4 Å². The molecule has 36 heavy (non-hydrogen) atoms. The molecule has 7 nitrogen and oxygen atoms in total. The zero-order valence-electron chi connectivity index (χ0n) is 19.7. The third-order valence-corrected chi connectivity index (χ3v) is 6.97. The number of piperidine rings is 1. The van der Waals surface area contributed by atoms with Crippen LogP contribution < -0.4 is 10.6 Å². The molecular weight excluding hydrogens is 459 g/mol. The molecule has 5 rings (SSSR count). The van der Waals surface area contributed by atoms with Gasteiger partial charge < -0.3 is 15.5 Å². The lowest BCUT2D eigenvalue weighted by atomic mass is 9.80. The van der Waals surface area contributed by atoms with Gasteiger partial charge in [0.1, 0.15) is 5.82 Å². The Morgan fingerprint density at radius 2 is 1.86 bits per heavy atom. The minimum Gasteiger partial charge on any atom is -0.348 e. The zero-order chi connectivity index (χ0) is 25.1. The number of likely N-dealkylation sites (tertiary alicyclic amines) is 1. The number of carbonyl (C=O) groups excluding carboxylic acids is 3. The maximum absolute atomic E-state index is 13.5. The quantitative estimate of drug-likeness (QED) is 0.556. The van der Waals surface area contributed by atoms with E-state index in [2.05, 4.69) is 15.6 Å². The van der Waals surface area contributed by atoms with Gasteiger partial charge in [0.05, 0.1) is 12.3 Å². The zero-order valence-corrected chi connectivity index (χ0v) is 19.7. The number of rotatable bonds is 6. The molecule has 2 aliphatic heterocycles. The van der Waals surface area contributed by atoms with Crippen LogP contribution in [0.3, 0.4) is 0 Å². The van der Waals surface area contributed by atoms with Gasteiger partial charge in [-0.15, -0.1) is 0 Å². The maximum Gasteiger partial charge on any atom is 0.251 e. The van der Waals surface area contributed by atoms with Gasteiger partial charge in [0.25, 0.3) is 5.91 Å². The summed E-state index contributed by atoms with van der Waals surface area (Å²) in [6, 6.07) is 15.1. The Morgan fingerprint density at radius 1 is 1.06 bits per heavy atom. The minimum atomic E-state index is -0.355. The molecule has 2 N–H and O–H groups in total. The summed E-state index contributed by atoms with van der Waals surface area (Å²) in [4.78, 5) is 44.2. The minimum absolute atomic E-state index is 0.0390. The van der Waals surface area contributed by atoms with Crippen LogP contribution in [0.2, 0.25) is 0 Å². The van der Waals surface area contributed by atoms with E-state index < -0.39 is 0 Å². The van der Waals surface area contributed by atoms with Crippen LogP contribution in [0.5, 0.6) is 0 Å². The summed E-state index contributed by atoms with van der Waals surface area (Å²) in [6.45, 7) is 1.46. The van der Waals surface area contributed by atoms with Crippen molar-refractivity contribution < 1.29 is 18.8 Å². The van der Waals surface area contributed by atoms with Crippen molar-refractivity contribution in [2.24, 2.45) is 5.92 Å². The Kier molecular flexibility index (Phi) is 6.75. The fraction of sp³-hybridized carbons (Fsp3) is 0.286. The third kappa shape index (κ3) is 5.12. The van der Waals surface area contributed by atoms with Crippen LogP contribution in [0.4, 0.5) is 10.1 Å². The number of hydrogen-bond donors (Lipinski definition) is 2. The molecule has 1 aromatic heterocycles. The van der Waals surface area contributed by atoms with Crippen LogP contribution in [-0.2, 0) is 22.6 Å². The summed E-state index contributed by atoms with van der Waals surface area (Å²) in [5.41, 5.74) is 3.62. The largest absolute Gasteiger partial charge is 0.348 e. The number of fused-ring (bicyclic) bond motifs is 1. The second-order valence-electron chi connectivity index (χ2n) is 9.34. The summed E-state index contributed by atoms with van der Waals surface area (Å²) in [6.07, 6.45) is 4.91. The number of nitrogens with one attached hydrogen (secondary N) is 2. The van der Waals surface area contributed by atoms with E-state index in [0.717, 1.165) is 16.8 Å². The molecule has 0 bridgehead atoms. The van der Waals surface area contributed by atoms with E-state index >= 15 is 0 Å². The second-order valence-corrected chi connectivity index (χ2v) is 9.34. The molecule has 0 aliphatic carbocycles. The number of pyridine rings is 1. The highest BCUT2D eigenvalue weighted by molar-refractivity contribution is 6.04. The molecule has 3 aromatic rings. The van der Waals surface area contributed by atoms with Crippen LogP contribution in [0.1, 0.15) is 45.8 Å². The lowest BCUT2D eigenvalue weighted by Gasteiger charge is -2.34. The van der Waals surface area contributed by atoms with Gasteiger partial charge in [-0.2, -0.15) is 0 Å². The standard InChI is InChI=1S/C28H27FN4O3/c29-22-5-1-3-18(13-22)14-25(34)33-11-8-20(9-12-33)26-23-15-21(6-7-24(23)32-28(26)36)27(35)31-17-19-4-2-10-30-16-19/h1-7,10,13,15-16,20,26H,8-9,11-12,14,17H2,(H,31,35)(H,32,36)/t26-/m1/s1. The molecule has 3 amide bonds. The fourth-order valence-electron chi connectivity index (χ4n) is 5.10. The normalized spacial score (nSPS) is 17.4. The van der Waals surface area contributed by atoms with Gasteiger partial charge in [-0.3, -0.25) is 19.4 Å². The average Bonchev–Trinajstić information content (AvgIpc) is 3.22. The van der Waals surface area contributed by atoms with Crippen LogP contribution in [0.15, 0.2) is 67.0 Å². The SMILES string of the molecule is O=C(NCc1cccnc1)c1ccc2c(c1)[C@@H](C1CCN(C(=O)Cc3cccc(F)c3)CC1)C(=O)N2. The summed E-state index contributed by atoms with van der Waals surface area (Å²) in [7, 11) is 0. The molecule has 0 saturated carbocycles. The van der Waals surface area contributed by atoms with E-state index in [1.807, 2.05) is 12.1 Å². The Balaban J connectivity index is 1.22. The monoisotopic (exact) mass is 486 g/mol. The van der Waals surface area contributed by atoms with Gasteiger partial charge >= 0.3 is 0 Å². The van der Waals surface area contributed by atoms with Gasteiger partial charge in [-0.05, 0) is 71.8 Å². The predicted octanol–water partition coefficient (Wildman–Crippen LogP) is 3.67. The molecule has 1 saturated heterocycles. The number of amides is 3. The molecule has 0 spiro atoms. The van der Waals surface area contributed by atoms with Crippen LogP contribution >= 0.6 is 0 Å². The summed E-state index contributed by atoms with van der Waals surface area (Å²) < 4.78 is 13.5. The highest BCUT2D eigenvalue weighted by Gasteiger charge is 2.39. The van der Waals surface area contributed by atoms with Gasteiger partial charge in [0.2, 0.25) is 11.8 Å². The second kappa shape index (κ2) is 10.3. The van der Waals surface area contributed by atoms with Crippen molar-refractivity contribution in [3.63, 3.8) is 0 Å². The van der Waals surface area contributed by atoms with E-state index in [0.29, 0.717) is 43.6 Å². The Morgan fingerprint density at radius 3 is 2.61 bits per heavy atom. The van der Waals surface area contributed by atoms with Crippen LogP contribution in [-0.4, -0.2) is 40.7 Å². The first-order chi connectivity index (χ1) is 17.5. The summed E-state index contributed by atoms with van der Waals surface area (Å²) in [5.74, 6) is -0.956. The number of hydrogen-bond acceptors (Lipinski definition) is 4. The number of nitrogens with zero attached hydrogens (tertiary/aromatic N) is 2. The lowest BCUT2D eigenvalue weighted by Crippen LogP contribution is -2.41. The van der Waals surface area contributed by atoms with E-state index in [9.17, 15) is 18.8 Å². The van der Waals surface area contributed by atoms with E-state index in [1.54, 1.807) is 47.6 Å². The molecule has 2 aliphatic rings. The summed E-state index contributed by atoms with van der Waals surface area (Å²) >= 11 is 0. The van der Waals surface area contributed by atoms with E-state index in [-0.39, 0.29) is 41.8 Å². The van der Waals surface area contributed by atoms with Crippen molar-refractivity contribution in [2.75, 3.05) is 18.4 Å². The number of anilines is 1. The highest BCUT2D eigenvalue weighted by Crippen LogP contribution is 2.41. The number of carbonyl (C=O) groups is 3. The predicted molar refractivity (Wildman–Crippen MR) is 133 cm³/mol. The smallest absolute Gasteiger partial charge is 0.251 e. The Labute approximate surface area is 208 Å². The van der Waals surface area contributed by atoms with Gasteiger partial charge in [0.15, 0.2) is 0 Å². The number of aromatic nitrogens is 1. The first kappa shape index (κ1) is 23.7. The van der Waals surface area contributed by atoms with Crippen LogP contribution in [0.25, 0.3) is 0 Å². The van der Waals surface area contributed by atoms with Gasteiger partial charge in [0, 0.05) is 43.3 Å². The molecule has 2 aromatic carbocycles.